The number of allylic oxidation sites excluding steroid dienone is 15. The zero-order chi connectivity index (χ0) is 63.3. The molecule has 0 aromatic rings. The first-order chi connectivity index (χ1) is 42.3. The Bertz CT molecular complexity index is 1960. The standard InChI is InChI=1S/C68H115NO18/c1-3-5-7-9-11-13-15-17-19-21-23-24-25-26-28-30-32-34-36-38-40-42-44-46-56(74)69-51(52(73)45-43-41-39-37-35-33-31-29-27-22-20-18-16-14-12-10-8-6-4-2)50-82-66-62(80)59(77)64(54(48-71)84-66)87-68-63(81)60(78)65(55(49-72)85-68)86-67-61(79)58(76)57(75)53(47-70)83-67/h5,7,11,13,17,19,23-24,26-29,35,37,43,45,51-55,57-68,70-73,75-81H,3-4,6,8-10,12,14-16,18,20-22,25,30-34,36,38-42,44,46-50H2,1-2H3,(H,69,74)/b7-5-,13-11-,19-17-,24-23-,28-26-,29-27+,37-35+,45-43+. The zero-order valence-electron chi connectivity index (χ0n) is 52.5. The van der Waals surface area contributed by atoms with Crippen molar-refractivity contribution < 1.29 is 89.4 Å². The van der Waals surface area contributed by atoms with Crippen molar-refractivity contribution in [2.75, 3.05) is 26.4 Å². The van der Waals surface area contributed by atoms with Crippen LogP contribution in [0.15, 0.2) is 97.2 Å². The number of rotatable bonds is 48. The number of ether oxygens (including phenoxy) is 6. The zero-order valence-corrected chi connectivity index (χ0v) is 52.5. The summed E-state index contributed by atoms with van der Waals surface area (Å²) in [5.41, 5.74) is 0. The molecule has 87 heavy (non-hydrogen) atoms. The third-order valence-corrected chi connectivity index (χ3v) is 15.8. The van der Waals surface area contributed by atoms with E-state index in [1.54, 1.807) is 6.08 Å². The quantitative estimate of drug-likeness (QED) is 0.0205. The van der Waals surface area contributed by atoms with Gasteiger partial charge in [0.2, 0.25) is 5.91 Å². The Morgan fingerprint density at radius 2 is 0.805 bits per heavy atom. The van der Waals surface area contributed by atoms with Gasteiger partial charge < -0.3 is 89.9 Å². The highest BCUT2D eigenvalue weighted by atomic mass is 16.8. The summed E-state index contributed by atoms with van der Waals surface area (Å²) in [7, 11) is 0. The van der Waals surface area contributed by atoms with Gasteiger partial charge >= 0.3 is 0 Å². The normalized spacial score (nSPS) is 29.2. The molecule has 0 aromatic heterocycles. The molecule has 17 unspecified atom stereocenters. The minimum Gasteiger partial charge on any atom is -0.394 e. The lowest BCUT2D eigenvalue weighted by atomic mass is 9.96. The Labute approximate surface area is 520 Å². The number of aliphatic hydroxyl groups excluding tert-OH is 11. The van der Waals surface area contributed by atoms with Gasteiger partial charge in [-0.1, -0.05) is 195 Å². The number of unbranched alkanes of at least 4 members (excludes halogenated alkanes) is 18. The third kappa shape index (κ3) is 32.0. The highest BCUT2D eigenvalue weighted by molar-refractivity contribution is 5.76. The van der Waals surface area contributed by atoms with E-state index in [1.165, 1.54) is 57.8 Å². The molecule has 3 heterocycles. The number of nitrogens with one attached hydrogen (secondary N) is 1. The van der Waals surface area contributed by atoms with Crippen LogP contribution >= 0.6 is 0 Å². The summed E-state index contributed by atoms with van der Waals surface area (Å²) in [6.07, 6.45) is 36.6. The maximum Gasteiger partial charge on any atom is 0.220 e. The van der Waals surface area contributed by atoms with Gasteiger partial charge in [-0.25, -0.2) is 0 Å². The minimum atomic E-state index is -1.99. The second kappa shape index (κ2) is 49.4. The molecule has 0 bridgehead atoms. The van der Waals surface area contributed by atoms with Gasteiger partial charge in [-0.15, -0.1) is 0 Å². The van der Waals surface area contributed by atoms with Gasteiger partial charge in [-0.05, 0) is 89.9 Å². The first-order valence-electron chi connectivity index (χ1n) is 33.0. The highest BCUT2D eigenvalue weighted by Crippen LogP contribution is 2.33. The summed E-state index contributed by atoms with van der Waals surface area (Å²) in [6.45, 7) is 1.56. The van der Waals surface area contributed by atoms with E-state index < -0.39 is 124 Å². The lowest BCUT2D eigenvalue weighted by molar-refractivity contribution is -0.379. The van der Waals surface area contributed by atoms with Crippen LogP contribution in [0.2, 0.25) is 0 Å². The molecule has 3 rings (SSSR count). The largest absolute Gasteiger partial charge is 0.394 e. The summed E-state index contributed by atoms with van der Waals surface area (Å²) in [4.78, 5) is 13.4. The van der Waals surface area contributed by atoms with Crippen LogP contribution in [0.25, 0.3) is 0 Å². The second-order valence-corrected chi connectivity index (χ2v) is 23.2. The Kier molecular flexibility index (Phi) is 44.3. The van der Waals surface area contributed by atoms with Gasteiger partial charge in [0.15, 0.2) is 18.9 Å². The molecule has 12 N–H and O–H groups in total. The van der Waals surface area contributed by atoms with Gasteiger partial charge in [-0.2, -0.15) is 0 Å². The molecule has 19 heteroatoms. The topological polar surface area (TPSA) is 307 Å². The molecule has 3 aliphatic heterocycles. The average molecular weight is 1230 g/mol. The second-order valence-electron chi connectivity index (χ2n) is 23.2. The van der Waals surface area contributed by atoms with Crippen LogP contribution < -0.4 is 5.32 Å². The molecule has 1 amide bonds. The number of hydrogen-bond acceptors (Lipinski definition) is 18. The first-order valence-corrected chi connectivity index (χ1v) is 33.0. The molecule has 19 nitrogen and oxygen atoms in total. The molecule has 0 spiro atoms. The summed E-state index contributed by atoms with van der Waals surface area (Å²) in [5.74, 6) is -0.305. The first kappa shape index (κ1) is 78.0. The highest BCUT2D eigenvalue weighted by Gasteiger charge is 2.53. The number of aliphatic hydroxyl groups is 11. The fraction of sp³-hybridized carbons (Fsp3) is 0.750. The van der Waals surface area contributed by atoms with E-state index in [-0.39, 0.29) is 18.9 Å². The van der Waals surface area contributed by atoms with Crippen molar-refractivity contribution in [2.24, 2.45) is 0 Å². The van der Waals surface area contributed by atoms with Crippen molar-refractivity contribution >= 4 is 5.91 Å². The van der Waals surface area contributed by atoms with Gasteiger partial charge in [0.05, 0.1) is 38.6 Å². The Balaban J connectivity index is 1.49. The summed E-state index contributed by atoms with van der Waals surface area (Å²) < 4.78 is 34.3. The third-order valence-electron chi connectivity index (χ3n) is 15.8. The van der Waals surface area contributed by atoms with Crippen molar-refractivity contribution in [3.05, 3.63) is 97.2 Å². The van der Waals surface area contributed by atoms with E-state index in [9.17, 15) is 61.0 Å². The Morgan fingerprint density at radius 3 is 1.29 bits per heavy atom. The molecule has 3 fully saturated rings. The summed E-state index contributed by atoms with van der Waals surface area (Å²) in [6, 6.07) is -1.01. The SMILES string of the molecule is CC/C=C\C/C=C\C/C=C\C/C=C\C/C=C\CCCCCCCCCC(=O)NC(COC1OC(CO)C(OC2OC(CO)C(OC3OC(CO)C(O)C(O)C3O)C(O)C2O)C(O)C1O)C(O)/C=C/CC/C=C/CC/C=C/CCCCCCCCCCC. The number of amides is 1. The molecule has 0 saturated carbocycles. The number of carbonyl (C=O) groups excluding carboxylic acids is 1. The monoisotopic (exact) mass is 1230 g/mol. The Morgan fingerprint density at radius 1 is 0.425 bits per heavy atom. The molecule has 0 aromatic carbocycles. The molecule has 0 radical (unpaired) electrons. The van der Waals surface area contributed by atoms with E-state index in [0.717, 1.165) is 103 Å². The van der Waals surface area contributed by atoms with E-state index in [2.05, 4.69) is 104 Å². The molecule has 17 atom stereocenters. The van der Waals surface area contributed by atoms with Crippen LogP contribution in [0.4, 0.5) is 0 Å². The van der Waals surface area contributed by atoms with Crippen LogP contribution in [-0.2, 0) is 33.2 Å². The van der Waals surface area contributed by atoms with Gasteiger partial charge in [0, 0.05) is 6.42 Å². The minimum absolute atomic E-state index is 0.213. The van der Waals surface area contributed by atoms with E-state index in [1.807, 2.05) is 6.08 Å². The van der Waals surface area contributed by atoms with Crippen molar-refractivity contribution in [3.8, 4) is 0 Å². The molecular formula is C68H115NO18. The van der Waals surface area contributed by atoms with Crippen molar-refractivity contribution in [2.45, 2.75) is 298 Å². The van der Waals surface area contributed by atoms with Gasteiger partial charge in [-0.3, -0.25) is 4.79 Å². The van der Waals surface area contributed by atoms with Crippen LogP contribution in [0.5, 0.6) is 0 Å². The lowest BCUT2D eigenvalue weighted by Crippen LogP contribution is -2.66. The van der Waals surface area contributed by atoms with Crippen LogP contribution in [0, 0.1) is 0 Å². The predicted molar refractivity (Wildman–Crippen MR) is 337 cm³/mol. The smallest absolute Gasteiger partial charge is 0.220 e. The fourth-order valence-electron chi connectivity index (χ4n) is 10.5. The molecule has 3 aliphatic rings. The lowest BCUT2D eigenvalue weighted by Gasteiger charge is -2.48. The molecule has 0 aliphatic carbocycles. The van der Waals surface area contributed by atoms with Crippen molar-refractivity contribution in [1.29, 1.82) is 0 Å². The van der Waals surface area contributed by atoms with E-state index in [4.69, 9.17) is 28.4 Å². The molecular weight excluding hydrogens is 1120 g/mol. The maximum absolute atomic E-state index is 13.4. The van der Waals surface area contributed by atoms with Crippen molar-refractivity contribution in [3.63, 3.8) is 0 Å². The Hall–Kier alpha value is -3.29. The predicted octanol–water partition coefficient (Wildman–Crippen LogP) is 7.71. The average Bonchev–Trinajstić information content (AvgIpc) is 2.58. The van der Waals surface area contributed by atoms with Crippen LogP contribution in [0.1, 0.15) is 194 Å². The number of carbonyl (C=O) groups is 1. The number of hydrogen-bond donors (Lipinski definition) is 12. The van der Waals surface area contributed by atoms with Crippen molar-refractivity contribution in [1.82, 2.24) is 5.32 Å². The summed E-state index contributed by atoms with van der Waals surface area (Å²) in [5, 5.41) is 120. The van der Waals surface area contributed by atoms with E-state index >= 15 is 0 Å². The summed E-state index contributed by atoms with van der Waals surface area (Å²) >= 11 is 0. The van der Waals surface area contributed by atoms with E-state index in [0.29, 0.717) is 12.8 Å². The van der Waals surface area contributed by atoms with Crippen LogP contribution in [0.3, 0.4) is 0 Å². The van der Waals surface area contributed by atoms with Crippen LogP contribution in [-0.4, -0.2) is 193 Å². The molecule has 500 valence electrons. The fourth-order valence-corrected chi connectivity index (χ4v) is 10.5. The maximum atomic E-state index is 13.4. The van der Waals surface area contributed by atoms with Gasteiger partial charge in [0.25, 0.3) is 0 Å². The molecule has 3 saturated heterocycles. The van der Waals surface area contributed by atoms with Gasteiger partial charge in [0.1, 0.15) is 73.2 Å².